The Morgan fingerprint density at radius 3 is 2.38 bits per heavy atom. The number of halogens is 1. The minimum absolute atomic E-state index is 0.104. The first-order chi connectivity index (χ1) is 17.5. The zero-order chi connectivity index (χ0) is 26.5. The van der Waals surface area contributed by atoms with Gasteiger partial charge in [0, 0.05) is 27.9 Å². The lowest BCUT2D eigenvalue weighted by molar-refractivity contribution is -0.0835. The second-order valence-corrected chi connectivity index (χ2v) is 9.54. The second-order valence-electron chi connectivity index (χ2n) is 8.75. The largest absolute Gasteiger partial charge is 0.506 e. The summed E-state index contributed by atoms with van der Waals surface area (Å²) in [5, 5.41) is 32.9. The third-order valence-electron chi connectivity index (χ3n) is 6.70. The van der Waals surface area contributed by atoms with Crippen LogP contribution < -0.4 is 15.1 Å². The van der Waals surface area contributed by atoms with Crippen LogP contribution in [0, 0.1) is 6.92 Å². The molecule has 0 radical (unpaired) electrons. The molecule has 1 aromatic heterocycles. The van der Waals surface area contributed by atoms with E-state index in [1.807, 2.05) is 0 Å². The monoisotopic (exact) mass is 570 g/mol. The first-order valence-electron chi connectivity index (χ1n) is 10.9. The molecular formula is C25H15BrO11. The van der Waals surface area contributed by atoms with E-state index in [0.29, 0.717) is 21.2 Å². The fourth-order valence-corrected chi connectivity index (χ4v) is 5.70. The van der Waals surface area contributed by atoms with Crippen molar-refractivity contribution in [2.24, 2.45) is 0 Å². The van der Waals surface area contributed by atoms with Crippen LogP contribution in [0.2, 0.25) is 0 Å². The molecule has 37 heavy (non-hydrogen) atoms. The molecule has 2 aromatic carbocycles. The van der Waals surface area contributed by atoms with Gasteiger partial charge in [0.1, 0.15) is 22.5 Å². The number of ketones is 3. The normalized spacial score (nSPS) is 19.8. The lowest BCUT2D eigenvalue weighted by atomic mass is 9.87. The number of phenolic OH excluding ortho intramolecular Hbond substituents is 3. The number of ether oxygens (including phenoxy) is 3. The molecule has 12 heteroatoms. The molecule has 3 aromatic rings. The van der Waals surface area contributed by atoms with E-state index in [1.165, 1.54) is 0 Å². The lowest BCUT2D eigenvalue weighted by Gasteiger charge is -2.34. The maximum Gasteiger partial charge on any atom is 0.347 e. The van der Waals surface area contributed by atoms with Crippen LogP contribution in [0.15, 0.2) is 31.6 Å². The Kier molecular flexibility index (Phi) is 4.59. The van der Waals surface area contributed by atoms with Gasteiger partial charge in [-0.2, -0.15) is 0 Å². The predicted octanol–water partition coefficient (Wildman–Crippen LogP) is 3.19. The average molecular weight is 571 g/mol. The highest BCUT2D eigenvalue weighted by molar-refractivity contribution is 9.10. The number of carbonyl (C=O) groups excluding carboxylic acids is 3. The van der Waals surface area contributed by atoms with E-state index in [0.717, 1.165) is 13.2 Å². The third-order valence-corrected chi connectivity index (χ3v) is 7.60. The molecular weight excluding hydrogens is 556 g/mol. The van der Waals surface area contributed by atoms with Crippen LogP contribution in [0.4, 0.5) is 0 Å². The smallest absolute Gasteiger partial charge is 0.347 e. The Labute approximate surface area is 214 Å². The second kappa shape index (κ2) is 7.35. The van der Waals surface area contributed by atoms with Crippen molar-refractivity contribution in [3.05, 3.63) is 60.8 Å². The molecule has 188 valence electrons. The summed E-state index contributed by atoms with van der Waals surface area (Å²) in [5.41, 5.74) is -2.09. The van der Waals surface area contributed by atoms with Crippen molar-refractivity contribution in [1.82, 2.24) is 0 Å². The maximum atomic E-state index is 13.6. The van der Waals surface area contributed by atoms with Crippen molar-refractivity contribution < 1.29 is 48.3 Å². The van der Waals surface area contributed by atoms with Gasteiger partial charge in [-0.05, 0) is 35.3 Å². The van der Waals surface area contributed by atoms with Crippen LogP contribution in [-0.2, 0) is 11.2 Å². The number of aryl methyl sites for hydroxylation is 1. The molecule has 0 saturated carbocycles. The summed E-state index contributed by atoms with van der Waals surface area (Å²) in [6.07, 6.45) is 0.810. The van der Waals surface area contributed by atoms with Crippen molar-refractivity contribution in [1.29, 1.82) is 0 Å². The summed E-state index contributed by atoms with van der Waals surface area (Å²) in [7, 11) is 1.16. The van der Waals surface area contributed by atoms with E-state index in [1.54, 1.807) is 13.0 Å². The van der Waals surface area contributed by atoms with Crippen molar-refractivity contribution >= 4 is 44.1 Å². The number of rotatable bonds is 1. The molecule has 6 rings (SSSR count). The van der Waals surface area contributed by atoms with Gasteiger partial charge in [-0.1, -0.05) is 0 Å². The molecule has 3 aliphatic rings. The molecule has 0 fully saturated rings. The molecule has 11 nitrogen and oxygen atoms in total. The SMILES string of the molecule is COC1=CC(=O)c2c(O)c3c(c(O)c2C1=O)OC1(CCc2c(c(O)c4c(=O)oc(C)cc4c2Br)O1)C3=O. The molecule has 2 aliphatic heterocycles. The van der Waals surface area contributed by atoms with E-state index in [9.17, 15) is 34.5 Å². The van der Waals surface area contributed by atoms with E-state index < -0.39 is 68.5 Å². The molecule has 1 spiro atoms. The Morgan fingerprint density at radius 2 is 1.68 bits per heavy atom. The number of phenols is 3. The highest BCUT2D eigenvalue weighted by atomic mass is 79.9. The number of aromatic hydroxyl groups is 3. The van der Waals surface area contributed by atoms with Crippen molar-refractivity contribution in [2.75, 3.05) is 7.11 Å². The summed E-state index contributed by atoms with van der Waals surface area (Å²) in [6, 6.07) is 1.56. The Balaban J connectivity index is 1.53. The van der Waals surface area contributed by atoms with Gasteiger partial charge in [0.25, 0.3) is 5.78 Å². The van der Waals surface area contributed by atoms with Crippen LogP contribution in [0.3, 0.4) is 0 Å². The number of fused-ring (bicyclic) bond motifs is 4. The van der Waals surface area contributed by atoms with Gasteiger partial charge in [-0.15, -0.1) is 0 Å². The number of hydrogen-bond acceptors (Lipinski definition) is 11. The van der Waals surface area contributed by atoms with Gasteiger partial charge in [0.2, 0.25) is 5.78 Å². The lowest BCUT2D eigenvalue weighted by Crippen LogP contribution is -2.48. The summed E-state index contributed by atoms with van der Waals surface area (Å²) < 4.78 is 22.1. The van der Waals surface area contributed by atoms with E-state index in [2.05, 4.69) is 15.9 Å². The third kappa shape index (κ3) is 2.81. The van der Waals surface area contributed by atoms with Crippen LogP contribution >= 0.6 is 15.9 Å². The zero-order valence-corrected chi connectivity index (χ0v) is 20.6. The zero-order valence-electron chi connectivity index (χ0n) is 19.1. The van der Waals surface area contributed by atoms with E-state index >= 15 is 0 Å². The highest BCUT2D eigenvalue weighted by Crippen LogP contribution is 2.56. The summed E-state index contributed by atoms with van der Waals surface area (Å²) in [6.45, 7) is 1.58. The Hall–Kier alpha value is -4.32. The number of hydrogen-bond donors (Lipinski definition) is 3. The van der Waals surface area contributed by atoms with E-state index in [-0.39, 0.29) is 29.7 Å². The van der Waals surface area contributed by atoms with Gasteiger partial charge in [0.05, 0.1) is 18.2 Å². The van der Waals surface area contributed by atoms with Crippen molar-refractivity contribution in [3.8, 4) is 28.7 Å². The van der Waals surface area contributed by atoms with Gasteiger partial charge < -0.3 is 33.9 Å². The fourth-order valence-electron chi connectivity index (χ4n) is 5.00. The summed E-state index contributed by atoms with van der Waals surface area (Å²) in [4.78, 5) is 51.5. The van der Waals surface area contributed by atoms with Gasteiger partial charge in [-0.25, -0.2) is 4.79 Å². The molecule has 1 atom stereocenters. The number of methoxy groups -OCH3 is 1. The quantitative estimate of drug-likeness (QED) is 0.367. The molecule has 0 bridgehead atoms. The predicted molar refractivity (Wildman–Crippen MR) is 127 cm³/mol. The molecule has 3 N–H and O–H groups in total. The molecule has 1 aliphatic carbocycles. The minimum atomic E-state index is -2.17. The molecule has 1 unspecified atom stereocenters. The van der Waals surface area contributed by atoms with Crippen LogP contribution in [0.5, 0.6) is 28.7 Å². The van der Waals surface area contributed by atoms with E-state index in [4.69, 9.17) is 18.6 Å². The molecule has 0 saturated heterocycles. The van der Waals surface area contributed by atoms with Crippen LogP contribution in [0.1, 0.15) is 48.8 Å². The first-order valence-corrected chi connectivity index (χ1v) is 11.7. The maximum absolute atomic E-state index is 13.6. The van der Waals surface area contributed by atoms with Crippen molar-refractivity contribution in [2.45, 2.75) is 25.6 Å². The topological polar surface area (TPSA) is 170 Å². The Morgan fingerprint density at radius 1 is 0.973 bits per heavy atom. The van der Waals surface area contributed by atoms with Gasteiger partial charge in [-0.3, -0.25) is 14.4 Å². The Bertz CT molecular complexity index is 1750. The number of carbonyl (C=O) groups is 3. The first kappa shape index (κ1) is 23.1. The highest BCUT2D eigenvalue weighted by Gasteiger charge is 2.57. The fraction of sp³-hybridized carbons (Fsp3) is 0.200. The van der Waals surface area contributed by atoms with Crippen molar-refractivity contribution in [3.63, 3.8) is 0 Å². The summed E-state index contributed by atoms with van der Waals surface area (Å²) >= 11 is 3.43. The van der Waals surface area contributed by atoms with Gasteiger partial charge in [0.15, 0.2) is 34.5 Å². The number of Topliss-reactive ketones (excluding diaryl/α,β-unsaturated/α-hetero) is 2. The van der Waals surface area contributed by atoms with Crippen LogP contribution in [-0.4, -0.2) is 45.6 Å². The van der Waals surface area contributed by atoms with Gasteiger partial charge >= 0.3 is 11.4 Å². The summed E-state index contributed by atoms with van der Waals surface area (Å²) in [5.74, 6) is -8.00. The minimum Gasteiger partial charge on any atom is -0.506 e. The molecule has 0 amide bonds. The number of allylic oxidation sites excluding steroid dienone is 2. The standard InChI is InChI=1S/C25H15BrO11/c1-7-5-9-12(24(33)35-7)19(30)21-8(16(9)26)3-4-25(36-21)23(32)15-18(29)13-10(27)6-11(34-2)17(28)14(13)20(31)22(15)37-25/h5-6,29-31H,3-4H2,1-2H3. The number of benzene rings is 2. The van der Waals surface area contributed by atoms with Crippen LogP contribution in [0.25, 0.3) is 10.8 Å². The average Bonchev–Trinajstić information content (AvgIpc) is 3.13. The molecule has 3 heterocycles.